The van der Waals surface area contributed by atoms with E-state index in [0.717, 1.165) is 5.52 Å². The molecule has 1 N–H and O–H groups in total. The summed E-state index contributed by atoms with van der Waals surface area (Å²) in [5.74, 6) is -0.00251. The molecule has 0 unspecified atom stereocenters. The molecule has 1 heterocycles. The molecule has 0 amide bonds. The Bertz CT molecular complexity index is 1320. The molecular weight excluding hydrogens is 360 g/mol. The van der Waals surface area contributed by atoms with Gasteiger partial charge in [-0.1, -0.05) is 12.1 Å². The van der Waals surface area contributed by atoms with E-state index in [1.807, 2.05) is 12.1 Å². The summed E-state index contributed by atoms with van der Waals surface area (Å²) in [4.78, 5) is 38.2. The minimum Gasteiger partial charge on any atom is -0.450 e. The monoisotopic (exact) mass is 374 g/mol. The van der Waals surface area contributed by atoms with E-state index >= 15 is 0 Å². The molecule has 28 heavy (non-hydrogen) atoms. The van der Waals surface area contributed by atoms with Gasteiger partial charge in [-0.15, -0.1) is 0 Å². The summed E-state index contributed by atoms with van der Waals surface area (Å²) < 4.78 is 5.67. The number of para-hydroxylation sites is 1. The average Bonchev–Trinajstić information content (AvgIpc) is 2.68. The van der Waals surface area contributed by atoms with Gasteiger partial charge in [0.25, 0.3) is 0 Å². The van der Waals surface area contributed by atoms with E-state index in [9.17, 15) is 19.7 Å². The minimum atomic E-state index is -0.608. The van der Waals surface area contributed by atoms with Crippen LogP contribution in [-0.2, 0) is 0 Å². The van der Waals surface area contributed by atoms with Crippen molar-refractivity contribution in [2.75, 3.05) is 0 Å². The van der Waals surface area contributed by atoms with Crippen molar-refractivity contribution in [1.82, 2.24) is 4.98 Å². The number of H-pyrrole nitrogens is 1. The molecule has 4 rings (SSSR count). The number of hydrogen-bond donors (Lipinski definition) is 1. The molecule has 0 radical (unpaired) electrons. The van der Waals surface area contributed by atoms with Crippen molar-refractivity contribution in [3.63, 3.8) is 0 Å². The summed E-state index contributed by atoms with van der Waals surface area (Å²) in [6.07, 6.45) is 0. The van der Waals surface area contributed by atoms with Crippen LogP contribution in [0.5, 0.6) is 11.5 Å². The van der Waals surface area contributed by atoms with Gasteiger partial charge < -0.3 is 9.72 Å². The first-order valence-corrected chi connectivity index (χ1v) is 8.46. The number of ether oxygens (including phenoxy) is 1. The number of nitro benzene ring substituents is 1. The van der Waals surface area contributed by atoms with Crippen LogP contribution in [0.15, 0.2) is 65.5 Å². The highest BCUT2D eigenvalue weighted by molar-refractivity contribution is 5.95. The standard InChI is InChI=1S/C21H14N2O5/c1-12(24)13-6-9-20(19(10-13)23(26)27)28-14-7-8-18-16(11-14)21(25)15-4-2-3-5-17(15)22-18/h2-11H,1H3,(H,22,25). The van der Waals surface area contributed by atoms with E-state index in [2.05, 4.69) is 4.98 Å². The summed E-state index contributed by atoms with van der Waals surface area (Å²) in [6, 6.07) is 16.0. The van der Waals surface area contributed by atoms with Crippen molar-refractivity contribution in [1.29, 1.82) is 0 Å². The number of benzene rings is 3. The van der Waals surface area contributed by atoms with Crippen molar-refractivity contribution < 1.29 is 14.5 Å². The van der Waals surface area contributed by atoms with Crippen LogP contribution in [0.3, 0.4) is 0 Å². The molecule has 0 aliphatic carbocycles. The molecule has 0 saturated carbocycles. The lowest BCUT2D eigenvalue weighted by Gasteiger charge is -2.09. The Morgan fingerprint density at radius 2 is 1.75 bits per heavy atom. The fourth-order valence-electron chi connectivity index (χ4n) is 3.06. The number of carbonyl (C=O) groups is 1. The van der Waals surface area contributed by atoms with Crippen molar-refractivity contribution in [2.24, 2.45) is 0 Å². The molecule has 0 spiro atoms. The fraction of sp³-hybridized carbons (Fsp3) is 0.0476. The summed E-state index contributed by atoms with van der Waals surface area (Å²) in [6.45, 7) is 1.33. The molecule has 0 atom stereocenters. The number of aromatic amines is 1. The second-order valence-corrected chi connectivity index (χ2v) is 6.30. The predicted octanol–water partition coefficient (Wildman–Crippen LogP) is 4.58. The third-order valence-electron chi connectivity index (χ3n) is 4.47. The van der Waals surface area contributed by atoms with Crippen molar-refractivity contribution in [2.45, 2.75) is 6.92 Å². The average molecular weight is 374 g/mol. The number of nitrogens with zero attached hydrogens (tertiary/aromatic N) is 1. The zero-order chi connectivity index (χ0) is 19.8. The fourth-order valence-corrected chi connectivity index (χ4v) is 3.06. The first-order chi connectivity index (χ1) is 13.4. The Kier molecular flexibility index (Phi) is 4.12. The number of fused-ring (bicyclic) bond motifs is 2. The van der Waals surface area contributed by atoms with Gasteiger partial charge >= 0.3 is 5.69 Å². The van der Waals surface area contributed by atoms with Gasteiger partial charge in [0.05, 0.1) is 10.4 Å². The third kappa shape index (κ3) is 2.99. The molecular formula is C21H14N2O5. The van der Waals surface area contributed by atoms with Crippen LogP contribution in [0.2, 0.25) is 0 Å². The lowest BCUT2D eigenvalue weighted by molar-refractivity contribution is -0.385. The largest absolute Gasteiger partial charge is 0.450 e. The van der Waals surface area contributed by atoms with Crippen LogP contribution >= 0.6 is 0 Å². The molecule has 4 aromatic rings. The highest BCUT2D eigenvalue weighted by Gasteiger charge is 2.18. The minimum absolute atomic E-state index is 0.00781. The summed E-state index contributed by atoms with van der Waals surface area (Å²) in [5, 5.41) is 12.3. The molecule has 3 aromatic carbocycles. The smallest absolute Gasteiger partial charge is 0.312 e. The van der Waals surface area contributed by atoms with Crippen molar-refractivity contribution >= 4 is 33.3 Å². The van der Waals surface area contributed by atoms with Gasteiger partial charge in [-0.25, -0.2) is 0 Å². The maximum atomic E-state index is 12.8. The van der Waals surface area contributed by atoms with Crippen LogP contribution in [0.25, 0.3) is 21.8 Å². The Balaban J connectivity index is 1.81. The van der Waals surface area contributed by atoms with Gasteiger partial charge in [0.1, 0.15) is 5.75 Å². The first kappa shape index (κ1) is 17.4. The zero-order valence-corrected chi connectivity index (χ0v) is 14.8. The van der Waals surface area contributed by atoms with Gasteiger partial charge in [0.2, 0.25) is 5.75 Å². The number of nitrogens with one attached hydrogen (secondary N) is 1. The SMILES string of the molecule is CC(=O)c1ccc(Oc2ccc3[nH]c4ccccc4c(=O)c3c2)c([N+](=O)[O-])c1. The van der Waals surface area contributed by atoms with Crippen LogP contribution in [0.4, 0.5) is 5.69 Å². The Labute approximate surface area is 158 Å². The number of pyridine rings is 1. The second kappa shape index (κ2) is 6.62. The van der Waals surface area contributed by atoms with E-state index < -0.39 is 4.92 Å². The molecule has 0 saturated heterocycles. The third-order valence-corrected chi connectivity index (χ3v) is 4.47. The van der Waals surface area contributed by atoms with Crippen molar-refractivity contribution in [3.05, 3.63) is 86.6 Å². The van der Waals surface area contributed by atoms with Crippen LogP contribution in [-0.4, -0.2) is 15.7 Å². The molecule has 0 aliphatic rings. The molecule has 0 aliphatic heterocycles. The lowest BCUT2D eigenvalue weighted by atomic mass is 10.1. The highest BCUT2D eigenvalue weighted by atomic mass is 16.6. The summed E-state index contributed by atoms with van der Waals surface area (Å²) >= 11 is 0. The molecule has 138 valence electrons. The van der Waals surface area contributed by atoms with E-state index in [-0.39, 0.29) is 34.0 Å². The number of hydrogen-bond acceptors (Lipinski definition) is 5. The summed E-state index contributed by atoms with van der Waals surface area (Å²) in [7, 11) is 0. The van der Waals surface area contributed by atoms with Gasteiger partial charge in [0.15, 0.2) is 11.2 Å². The Morgan fingerprint density at radius 1 is 1.00 bits per heavy atom. The van der Waals surface area contributed by atoms with Crippen LogP contribution in [0, 0.1) is 10.1 Å². The Hall–Kier alpha value is -4.00. The van der Waals surface area contributed by atoms with Gasteiger partial charge in [0, 0.05) is 27.9 Å². The molecule has 7 nitrogen and oxygen atoms in total. The molecule has 0 bridgehead atoms. The highest BCUT2D eigenvalue weighted by Crippen LogP contribution is 2.33. The quantitative estimate of drug-likeness (QED) is 0.244. The number of aromatic nitrogens is 1. The van der Waals surface area contributed by atoms with Gasteiger partial charge in [-0.2, -0.15) is 0 Å². The number of ketones is 1. The summed E-state index contributed by atoms with van der Waals surface area (Å²) in [5.41, 5.74) is 1.11. The topological polar surface area (TPSA) is 102 Å². The maximum Gasteiger partial charge on any atom is 0.312 e. The number of rotatable bonds is 4. The van der Waals surface area contributed by atoms with Gasteiger partial charge in [-0.05, 0) is 49.4 Å². The Morgan fingerprint density at radius 3 is 2.50 bits per heavy atom. The second-order valence-electron chi connectivity index (χ2n) is 6.30. The lowest BCUT2D eigenvalue weighted by Crippen LogP contribution is -2.04. The van der Waals surface area contributed by atoms with Gasteiger partial charge in [-0.3, -0.25) is 19.7 Å². The van der Waals surface area contributed by atoms with E-state index in [0.29, 0.717) is 16.3 Å². The van der Waals surface area contributed by atoms with E-state index in [4.69, 9.17) is 4.74 Å². The number of Topliss-reactive ketones (excluding diaryl/α,β-unsaturated/α-hetero) is 1. The number of carbonyl (C=O) groups excluding carboxylic acids is 1. The first-order valence-electron chi connectivity index (χ1n) is 8.46. The van der Waals surface area contributed by atoms with Crippen molar-refractivity contribution in [3.8, 4) is 11.5 Å². The van der Waals surface area contributed by atoms with Crippen LogP contribution in [0.1, 0.15) is 17.3 Å². The number of nitro groups is 1. The van der Waals surface area contributed by atoms with E-state index in [1.165, 1.54) is 25.1 Å². The molecule has 1 aromatic heterocycles. The molecule has 0 fully saturated rings. The molecule has 7 heteroatoms. The normalized spacial score (nSPS) is 10.9. The van der Waals surface area contributed by atoms with E-state index in [1.54, 1.807) is 30.3 Å². The zero-order valence-electron chi connectivity index (χ0n) is 14.8. The maximum absolute atomic E-state index is 12.8. The van der Waals surface area contributed by atoms with Crippen LogP contribution < -0.4 is 10.2 Å². The predicted molar refractivity (Wildman–Crippen MR) is 105 cm³/mol.